The number of aliphatic hydroxyl groups excluding tert-OH is 3. The van der Waals surface area contributed by atoms with Gasteiger partial charge in [0, 0.05) is 19.8 Å². The summed E-state index contributed by atoms with van der Waals surface area (Å²) in [6.07, 6.45) is 5.43. The summed E-state index contributed by atoms with van der Waals surface area (Å²) in [4.78, 5) is 0. The van der Waals surface area contributed by atoms with Crippen LogP contribution in [0.3, 0.4) is 0 Å². The molecule has 3 heteroatoms. The highest BCUT2D eigenvalue weighted by molar-refractivity contribution is 4.78. The van der Waals surface area contributed by atoms with E-state index in [1.807, 2.05) is 0 Å². The topological polar surface area (TPSA) is 60.7 Å². The first-order chi connectivity index (χ1) is 6.83. The molecule has 1 aliphatic rings. The van der Waals surface area contributed by atoms with Crippen molar-refractivity contribution in [3.8, 4) is 0 Å². The third-order valence-electron chi connectivity index (χ3n) is 3.54. The van der Waals surface area contributed by atoms with Gasteiger partial charge in [-0.2, -0.15) is 0 Å². The van der Waals surface area contributed by atoms with Crippen molar-refractivity contribution in [1.82, 2.24) is 0 Å². The molecular weight excluding hydrogens is 180 g/mol. The third kappa shape index (κ3) is 2.94. The average Bonchev–Trinajstić information content (AvgIpc) is 2.18. The van der Waals surface area contributed by atoms with Gasteiger partial charge in [-0.1, -0.05) is 19.3 Å². The molecule has 0 amide bonds. The number of hydrogen-bond acceptors (Lipinski definition) is 3. The Morgan fingerprint density at radius 2 is 1.21 bits per heavy atom. The monoisotopic (exact) mass is 202 g/mol. The van der Waals surface area contributed by atoms with Crippen LogP contribution in [0.1, 0.15) is 32.1 Å². The van der Waals surface area contributed by atoms with Gasteiger partial charge >= 0.3 is 0 Å². The minimum absolute atomic E-state index is 0.0882. The van der Waals surface area contributed by atoms with Crippen molar-refractivity contribution in [2.75, 3.05) is 19.8 Å². The Hall–Kier alpha value is -0.120. The summed E-state index contributed by atoms with van der Waals surface area (Å²) in [5.41, 5.74) is 0. The maximum Gasteiger partial charge on any atom is 0.0466 e. The van der Waals surface area contributed by atoms with Crippen LogP contribution in [0.4, 0.5) is 0 Å². The Balaban J connectivity index is 2.61. The standard InChI is InChI=1S/C11H22O3/c12-6-9-4-2-1-3-5-10(7-13)11(9)8-14/h9-14H,1-8H2. The molecule has 0 heterocycles. The largest absolute Gasteiger partial charge is 0.396 e. The molecule has 1 fully saturated rings. The van der Waals surface area contributed by atoms with Gasteiger partial charge < -0.3 is 15.3 Å². The first-order valence-electron chi connectivity index (χ1n) is 5.66. The lowest BCUT2D eigenvalue weighted by Crippen LogP contribution is -2.32. The maximum absolute atomic E-state index is 9.29. The van der Waals surface area contributed by atoms with E-state index in [4.69, 9.17) is 0 Å². The van der Waals surface area contributed by atoms with Crippen LogP contribution in [-0.4, -0.2) is 35.1 Å². The first-order valence-corrected chi connectivity index (χ1v) is 5.66. The SMILES string of the molecule is OCC1CCCCCC(CO)C1CO. The Kier molecular flexibility index (Phi) is 5.45. The van der Waals surface area contributed by atoms with Crippen LogP contribution >= 0.6 is 0 Å². The zero-order chi connectivity index (χ0) is 10.4. The molecule has 0 radical (unpaired) electrons. The molecule has 0 saturated heterocycles. The van der Waals surface area contributed by atoms with Crippen molar-refractivity contribution in [1.29, 1.82) is 0 Å². The second kappa shape index (κ2) is 6.38. The predicted molar refractivity (Wildman–Crippen MR) is 54.8 cm³/mol. The smallest absolute Gasteiger partial charge is 0.0466 e. The molecule has 84 valence electrons. The maximum atomic E-state index is 9.29. The summed E-state index contributed by atoms with van der Waals surface area (Å²) in [5.74, 6) is 0.445. The predicted octanol–water partition coefficient (Wildman–Crippen LogP) is 0.776. The number of hydrogen-bond donors (Lipinski definition) is 3. The normalized spacial score (nSPS) is 34.9. The Bertz CT molecular complexity index is 135. The van der Waals surface area contributed by atoms with E-state index in [0.717, 1.165) is 25.7 Å². The molecule has 3 N–H and O–H groups in total. The van der Waals surface area contributed by atoms with Gasteiger partial charge in [-0.05, 0) is 30.6 Å². The van der Waals surface area contributed by atoms with Crippen LogP contribution in [0.5, 0.6) is 0 Å². The van der Waals surface area contributed by atoms with Crippen molar-refractivity contribution >= 4 is 0 Å². The van der Waals surface area contributed by atoms with Crippen LogP contribution < -0.4 is 0 Å². The molecule has 2 unspecified atom stereocenters. The Morgan fingerprint density at radius 3 is 1.57 bits per heavy atom. The van der Waals surface area contributed by atoms with Gasteiger partial charge in [-0.3, -0.25) is 0 Å². The summed E-state index contributed by atoms with van der Waals surface area (Å²) >= 11 is 0. The van der Waals surface area contributed by atoms with Crippen LogP contribution in [0, 0.1) is 17.8 Å². The lowest BCUT2D eigenvalue weighted by atomic mass is 9.76. The highest BCUT2D eigenvalue weighted by Gasteiger charge is 2.29. The fourth-order valence-corrected chi connectivity index (χ4v) is 2.55. The minimum atomic E-state index is 0.0882. The summed E-state index contributed by atoms with van der Waals surface area (Å²) in [5, 5.41) is 27.7. The van der Waals surface area contributed by atoms with Crippen molar-refractivity contribution < 1.29 is 15.3 Å². The first kappa shape index (κ1) is 12.0. The molecule has 0 aliphatic heterocycles. The summed E-state index contributed by atoms with van der Waals surface area (Å²) in [6.45, 7) is 0.375. The van der Waals surface area contributed by atoms with Crippen molar-refractivity contribution in [3.63, 3.8) is 0 Å². The molecule has 0 aromatic carbocycles. The van der Waals surface area contributed by atoms with Gasteiger partial charge in [0.25, 0.3) is 0 Å². The van der Waals surface area contributed by atoms with E-state index >= 15 is 0 Å². The van der Waals surface area contributed by atoms with Crippen molar-refractivity contribution in [2.24, 2.45) is 17.8 Å². The highest BCUT2D eigenvalue weighted by Crippen LogP contribution is 2.31. The van der Waals surface area contributed by atoms with Crippen LogP contribution in [0.2, 0.25) is 0 Å². The third-order valence-corrected chi connectivity index (χ3v) is 3.54. The highest BCUT2D eigenvalue weighted by atomic mass is 16.3. The minimum Gasteiger partial charge on any atom is -0.396 e. The van der Waals surface area contributed by atoms with E-state index in [-0.39, 0.29) is 37.6 Å². The molecule has 0 spiro atoms. The van der Waals surface area contributed by atoms with Gasteiger partial charge in [0.2, 0.25) is 0 Å². The van der Waals surface area contributed by atoms with E-state index in [9.17, 15) is 15.3 Å². The zero-order valence-electron chi connectivity index (χ0n) is 8.73. The molecule has 14 heavy (non-hydrogen) atoms. The molecule has 1 saturated carbocycles. The number of rotatable bonds is 3. The van der Waals surface area contributed by atoms with Gasteiger partial charge in [0.15, 0.2) is 0 Å². The summed E-state index contributed by atoms with van der Waals surface area (Å²) in [7, 11) is 0. The van der Waals surface area contributed by atoms with E-state index in [0.29, 0.717) is 0 Å². The van der Waals surface area contributed by atoms with Crippen LogP contribution in [0.15, 0.2) is 0 Å². The zero-order valence-corrected chi connectivity index (χ0v) is 8.73. The van der Waals surface area contributed by atoms with E-state index in [2.05, 4.69) is 0 Å². The lowest BCUT2D eigenvalue weighted by Gasteiger charge is -2.32. The molecular formula is C11H22O3. The van der Waals surface area contributed by atoms with E-state index < -0.39 is 0 Å². The number of aliphatic hydroxyl groups is 3. The Morgan fingerprint density at radius 1 is 0.714 bits per heavy atom. The summed E-state index contributed by atoms with van der Waals surface area (Å²) < 4.78 is 0. The van der Waals surface area contributed by atoms with Gasteiger partial charge in [0.1, 0.15) is 0 Å². The van der Waals surface area contributed by atoms with Gasteiger partial charge in [-0.25, -0.2) is 0 Å². The van der Waals surface area contributed by atoms with Crippen molar-refractivity contribution in [2.45, 2.75) is 32.1 Å². The molecule has 3 nitrogen and oxygen atoms in total. The fraction of sp³-hybridized carbons (Fsp3) is 1.00. The molecule has 0 bridgehead atoms. The molecule has 0 aromatic rings. The quantitative estimate of drug-likeness (QED) is 0.633. The Labute approximate surface area is 85.8 Å². The van der Waals surface area contributed by atoms with Crippen molar-refractivity contribution in [3.05, 3.63) is 0 Å². The summed E-state index contributed by atoms with van der Waals surface area (Å²) in [6, 6.07) is 0. The van der Waals surface area contributed by atoms with Crippen LogP contribution in [-0.2, 0) is 0 Å². The van der Waals surface area contributed by atoms with E-state index in [1.165, 1.54) is 6.42 Å². The molecule has 1 aliphatic carbocycles. The second-order valence-electron chi connectivity index (χ2n) is 4.37. The lowest BCUT2D eigenvalue weighted by molar-refractivity contribution is 0.0364. The molecule has 0 aromatic heterocycles. The van der Waals surface area contributed by atoms with Gasteiger partial charge in [-0.15, -0.1) is 0 Å². The molecule has 2 atom stereocenters. The van der Waals surface area contributed by atoms with Crippen LogP contribution in [0.25, 0.3) is 0 Å². The fourth-order valence-electron chi connectivity index (χ4n) is 2.55. The average molecular weight is 202 g/mol. The second-order valence-corrected chi connectivity index (χ2v) is 4.37. The molecule has 1 rings (SSSR count). The van der Waals surface area contributed by atoms with Gasteiger partial charge in [0.05, 0.1) is 0 Å². The van der Waals surface area contributed by atoms with E-state index in [1.54, 1.807) is 0 Å².